The summed E-state index contributed by atoms with van der Waals surface area (Å²) in [6.07, 6.45) is 5.04. The summed E-state index contributed by atoms with van der Waals surface area (Å²) in [5.74, 6) is 1.62. The van der Waals surface area contributed by atoms with E-state index in [0.29, 0.717) is 11.2 Å². The first-order valence-corrected chi connectivity index (χ1v) is 10.0. The third-order valence-corrected chi connectivity index (χ3v) is 6.46. The highest BCUT2D eigenvalue weighted by atomic mass is 32.2. The Balaban J connectivity index is 1.49. The van der Waals surface area contributed by atoms with Crippen LogP contribution in [0.4, 0.5) is 5.82 Å². The molecule has 2 fully saturated rings. The van der Waals surface area contributed by atoms with Crippen LogP contribution in [-0.4, -0.2) is 57.1 Å². The average molecular weight is 362 g/mol. The Morgan fingerprint density at radius 2 is 2.12 bits per heavy atom. The molecule has 4 rings (SSSR count). The maximum absolute atomic E-state index is 6.22. The maximum Gasteiger partial charge on any atom is 0.177 e. The predicted octanol–water partition coefficient (Wildman–Crippen LogP) is 1.76. The van der Waals surface area contributed by atoms with Crippen LogP contribution in [0.5, 0.6) is 0 Å². The van der Waals surface area contributed by atoms with Gasteiger partial charge in [0.2, 0.25) is 0 Å². The number of nitrogens with one attached hydrogen (secondary N) is 2. The van der Waals surface area contributed by atoms with Crippen molar-refractivity contribution in [3.8, 4) is 0 Å². The normalized spacial score (nSPS) is 26.9. The summed E-state index contributed by atoms with van der Waals surface area (Å²) < 4.78 is 0. The molecule has 0 bridgehead atoms. The van der Waals surface area contributed by atoms with Crippen molar-refractivity contribution in [1.29, 1.82) is 0 Å². The Morgan fingerprint density at radius 3 is 2.88 bits per heavy atom. The Labute approximate surface area is 152 Å². The smallest absolute Gasteiger partial charge is 0.177 e. The van der Waals surface area contributed by atoms with Gasteiger partial charge < -0.3 is 16.0 Å². The van der Waals surface area contributed by atoms with Crippen LogP contribution in [0, 0.1) is 5.92 Å². The number of H-pyrrole nitrogens is 1. The fraction of sp³-hybridized carbons (Fsp3) is 0.706. The van der Waals surface area contributed by atoms with Crippen molar-refractivity contribution in [2.45, 2.75) is 48.9 Å². The van der Waals surface area contributed by atoms with Gasteiger partial charge in [-0.3, -0.25) is 5.10 Å². The molecule has 0 saturated carbocycles. The van der Waals surface area contributed by atoms with Gasteiger partial charge in [-0.25, -0.2) is 9.97 Å². The Bertz CT molecular complexity index is 734. The summed E-state index contributed by atoms with van der Waals surface area (Å²) in [5.41, 5.74) is 7.82. The molecular formula is C17H27N7S. The van der Waals surface area contributed by atoms with Gasteiger partial charge in [-0.2, -0.15) is 5.10 Å². The number of nitrogens with two attached hydrogens (primary N) is 1. The number of aromatic amines is 1. The predicted molar refractivity (Wildman–Crippen MR) is 102 cm³/mol. The van der Waals surface area contributed by atoms with E-state index in [1.165, 1.54) is 6.42 Å². The van der Waals surface area contributed by atoms with Gasteiger partial charge in [0.1, 0.15) is 16.4 Å². The van der Waals surface area contributed by atoms with E-state index >= 15 is 0 Å². The van der Waals surface area contributed by atoms with Crippen LogP contribution in [0.25, 0.3) is 11.2 Å². The molecule has 4 heterocycles. The highest BCUT2D eigenvalue weighted by Gasteiger charge is 2.27. The first kappa shape index (κ1) is 17.1. The molecule has 0 aliphatic carbocycles. The fourth-order valence-corrected chi connectivity index (χ4v) is 4.91. The van der Waals surface area contributed by atoms with Crippen LogP contribution in [0.3, 0.4) is 0 Å². The lowest BCUT2D eigenvalue weighted by Crippen LogP contribution is -2.48. The molecule has 25 heavy (non-hydrogen) atoms. The standard InChI is InChI=1S/C17H27N7S/c1-11-7-12(9-19-8-11)25-16-14-15(22-23-16)21-13(10-20-14)24-5-3-17(2,18)4-6-24/h10-12,19H,3-9,18H2,1-2H3,(H,21,22,23). The maximum atomic E-state index is 6.22. The number of hydrogen-bond acceptors (Lipinski definition) is 7. The van der Waals surface area contributed by atoms with Gasteiger partial charge in [0, 0.05) is 30.4 Å². The zero-order chi connectivity index (χ0) is 17.4. The monoisotopic (exact) mass is 361 g/mol. The molecule has 0 radical (unpaired) electrons. The van der Waals surface area contributed by atoms with Crippen LogP contribution < -0.4 is 16.0 Å². The molecule has 2 aliphatic rings. The first-order valence-electron chi connectivity index (χ1n) is 9.12. The summed E-state index contributed by atoms with van der Waals surface area (Å²) in [5, 5.41) is 12.5. The SMILES string of the molecule is CC1CNCC(Sc2n[nH]c3nc(N4CCC(C)(N)CC4)cnc23)C1. The van der Waals surface area contributed by atoms with Crippen LogP contribution in [-0.2, 0) is 0 Å². The Morgan fingerprint density at radius 1 is 1.32 bits per heavy atom. The zero-order valence-corrected chi connectivity index (χ0v) is 15.8. The van der Waals surface area contributed by atoms with E-state index in [1.54, 1.807) is 0 Å². The van der Waals surface area contributed by atoms with E-state index < -0.39 is 0 Å². The summed E-state index contributed by atoms with van der Waals surface area (Å²) in [7, 11) is 0. The second-order valence-electron chi connectivity index (χ2n) is 7.83. The second-order valence-corrected chi connectivity index (χ2v) is 9.12. The van der Waals surface area contributed by atoms with Crippen LogP contribution in [0.2, 0.25) is 0 Å². The molecule has 0 aromatic carbocycles. The molecule has 2 saturated heterocycles. The van der Waals surface area contributed by atoms with Gasteiger partial charge in [0.05, 0.1) is 6.20 Å². The number of rotatable bonds is 3. The van der Waals surface area contributed by atoms with Crippen molar-refractivity contribution in [3.05, 3.63) is 6.20 Å². The zero-order valence-electron chi connectivity index (χ0n) is 15.0. The highest BCUT2D eigenvalue weighted by Crippen LogP contribution is 2.32. The van der Waals surface area contributed by atoms with Gasteiger partial charge in [0.25, 0.3) is 0 Å². The van der Waals surface area contributed by atoms with Crippen molar-refractivity contribution >= 4 is 28.7 Å². The van der Waals surface area contributed by atoms with Crippen molar-refractivity contribution in [3.63, 3.8) is 0 Å². The van der Waals surface area contributed by atoms with Gasteiger partial charge in [0.15, 0.2) is 5.65 Å². The number of piperidine rings is 2. The molecule has 0 amide bonds. The number of thioether (sulfide) groups is 1. The molecule has 0 spiro atoms. The Hall–Kier alpha value is -1.38. The van der Waals surface area contributed by atoms with Gasteiger partial charge in [-0.1, -0.05) is 18.7 Å². The summed E-state index contributed by atoms with van der Waals surface area (Å²) >= 11 is 1.81. The molecule has 2 unspecified atom stereocenters. The molecule has 2 atom stereocenters. The molecule has 2 aromatic heterocycles. The topological polar surface area (TPSA) is 95.8 Å². The van der Waals surface area contributed by atoms with E-state index in [4.69, 9.17) is 10.7 Å². The van der Waals surface area contributed by atoms with Crippen molar-refractivity contribution in [2.24, 2.45) is 11.7 Å². The van der Waals surface area contributed by atoms with Crippen LogP contribution in [0.15, 0.2) is 11.2 Å². The van der Waals surface area contributed by atoms with E-state index in [0.717, 1.165) is 61.0 Å². The first-order chi connectivity index (χ1) is 12.0. The lowest BCUT2D eigenvalue weighted by Gasteiger charge is -2.37. The lowest BCUT2D eigenvalue weighted by molar-refractivity contribution is 0.363. The number of nitrogens with zero attached hydrogens (tertiary/aromatic N) is 4. The number of anilines is 1. The molecule has 8 heteroatoms. The van der Waals surface area contributed by atoms with E-state index in [2.05, 4.69) is 39.2 Å². The Kier molecular flexibility index (Phi) is 4.59. The number of aromatic nitrogens is 4. The van der Waals surface area contributed by atoms with Crippen molar-refractivity contribution in [2.75, 3.05) is 31.1 Å². The average Bonchev–Trinajstić information content (AvgIpc) is 2.97. The molecular weight excluding hydrogens is 334 g/mol. The van der Waals surface area contributed by atoms with Gasteiger partial charge >= 0.3 is 0 Å². The quantitative estimate of drug-likeness (QED) is 0.766. The second kappa shape index (κ2) is 6.74. The third-order valence-electron chi connectivity index (χ3n) is 5.26. The van der Waals surface area contributed by atoms with E-state index in [9.17, 15) is 0 Å². The lowest BCUT2D eigenvalue weighted by atomic mass is 9.91. The summed E-state index contributed by atoms with van der Waals surface area (Å²) in [6.45, 7) is 8.40. The van der Waals surface area contributed by atoms with Gasteiger partial charge in [-0.05, 0) is 38.6 Å². The van der Waals surface area contributed by atoms with Crippen molar-refractivity contribution in [1.82, 2.24) is 25.5 Å². The van der Waals surface area contributed by atoms with Crippen molar-refractivity contribution < 1.29 is 0 Å². The van der Waals surface area contributed by atoms with E-state index in [1.807, 2.05) is 18.0 Å². The van der Waals surface area contributed by atoms with E-state index in [-0.39, 0.29) is 5.54 Å². The van der Waals surface area contributed by atoms with Gasteiger partial charge in [-0.15, -0.1) is 0 Å². The summed E-state index contributed by atoms with van der Waals surface area (Å²) in [4.78, 5) is 11.7. The minimum absolute atomic E-state index is 0.0585. The largest absolute Gasteiger partial charge is 0.355 e. The molecule has 7 nitrogen and oxygen atoms in total. The molecule has 136 valence electrons. The third kappa shape index (κ3) is 3.75. The number of hydrogen-bond donors (Lipinski definition) is 3. The van der Waals surface area contributed by atoms with Crippen LogP contribution >= 0.6 is 11.8 Å². The molecule has 2 aliphatic heterocycles. The minimum atomic E-state index is -0.0585. The molecule has 4 N–H and O–H groups in total. The number of fused-ring (bicyclic) bond motifs is 1. The summed E-state index contributed by atoms with van der Waals surface area (Å²) in [6, 6.07) is 0. The fourth-order valence-electron chi connectivity index (χ4n) is 3.61. The molecule has 2 aromatic rings. The highest BCUT2D eigenvalue weighted by molar-refractivity contribution is 8.00. The minimum Gasteiger partial charge on any atom is -0.355 e. The van der Waals surface area contributed by atoms with Crippen LogP contribution in [0.1, 0.15) is 33.1 Å².